The molecule has 0 saturated heterocycles. The van der Waals surface area contributed by atoms with Gasteiger partial charge in [-0.15, -0.1) is 24.0 Å². The van der Waals surface area contributed by atoms with Gasteiger partial charge in [0.25, 0.3) is 0 Å². The molecule has 1 aromatic carbocycles. The number of nitrogens with zero attached hydrogens (tertiary/aromatic N) is 4. The van der Waals surface area contributed by atoms with Gasteiger partial charge in [-0.2, -0.15) is 5.10 Å². The Kier molecular flexibility index (Phi) is 9.76. The number of nitrogens with one attached hydrogen (secondary N) is 2. The monoisotopic (exact) mass is 550 g/mol. The van der Waals surface area contributed by atoms with Gasteiger partial charge in [-0.25, -0.2) is 9.67 Å². The Bertz CT molecular complexity index is 1030. The Hall–Kier alpha value is -2.82. The number of furan rings is 1. The number of carbonyl (C=O) groups excluding carboxylic acids is 1. The van der Waals surface area contributed by atoms with Crippen LogP contribution in [-0.2, 0) is 17.8 Å². The predicted octanol–water partition coefficient (Wildman–Crippen LogP) is 3.07. The summed E-state index contributed by atoms with van der Waals surface area (Å²) in [6.45, 7) is 5.27. The number of halogens is 1. The molecule has 3 rings (SSSR count). The van der Waals surface area contributed by atoms with Crippen LogP contribution >= 0.6 is 24.0 Å². The molecule has 0 aliphatic rings. The normalized spacial score (nSPS) is 11.1. The molecule has 2 heterocycles. The maximum Gasteiger partial charge on any atom is 0.241 e. The number of benzene rings is 1. The third-order valence-electron chi connectivity index (χ3n) is 4.79. The van der Waals surface area contributed by atoms with Gasteiger partial charge >= 0.3 is 0 Å². The highest BCUT2D eigenvalue weighted by Crippen LogP contribution is 2.17. The van der Waals surface area contributed by atoms with Crippen LogP contribution < -0.4 is 10.6 Å². The predicted molar refractivity (Wildman–Crippen MR) is 137 cm³/mol. The van der Waals surface area contributed by atoms with Crippen LogP contribution in [0.3, 0.4) is 0 Å². The number of aromatic nitrogens is 2. The molecule has 0 radical (unpaired) electrons. The maximum atomic E-state index is 12.0. The molecular weight excluding hydrogens is 519 g/mol. The van der Waals surface area contributed by atoms with Crippen LogP contribution in [0.1, 0.15) is 22.7 Å². The van der Waals surface area contributed by atoms with E-state index in [1.807, 2.05) is 54.9 Å². The van der Waals surface area contributed by atoms with Gasteiger partial charge in [-0.05, 0) is 43.7 Å². The van der Waals surface area contributed by atoms with E-state index in [0.29, 0.717) is 19.0 Å². The number of hydrogen-bond donors (Lipinski definition) is 2. The standard InChI is InChI=1S/C23H30N6O2.HI/c1-17-14-18(2)29(27-17)21-10-6-5-8-19(21)15-25-23(26-16-22(30)28(3)4)24-12-11-20-9-7-13-31-20;/h5-10,13-14H,11-12,15-16H2,1-4H3,(H2,24,25,26);1H. The fourth-order valence-electron chi connectivity index (χ4n) is 3.14. The second kappa shape index (κ2) is 12.3. The van der Waals surface area contributed by atoms with Crippen LogP contribution in [0.4, 0.5) is 0 Å². The van der Waals surface area contributed by atoms with Gasteiger partial charge < -0.3 is 20.0 Å². The first kappa shape index (κ1) is 25.4. The number of guanidine groups is 1. The van der Waals surface area contributed by atoms with Crippen LogP contribution in [0.5, 0.6) is 0 Å². The number of likely N-dealkylation sites (N-methyl/N-ethyl adjacent to an activating group) is 1. The van der Waals surface area contributed by atoms with Crippen molar-refractivity contribution in [3.63, 3.8) is 0 Å². The molecule has 0 unspecified atom stereocenters. The zero-order valence-corrected chi connectivity index (χ0v) is 21.3. The van der Waals surface area contributed by atoms with Gasteiger partial charge in [-0.3, -0.25) is 4.79 Å². The molecule has 2 N–H and O–H groups in total. The van der Waals surface area contributed by atoms with Gasteiger partial charge in [0.2, 0.25) is 5.91 Å². The minimum absolute atomic E-state index is 0. The molecular formula is C23H31IN6O2. The highest BCUT2D eigenvalue weighted by Gasteiger charge is 2.10. The molecule has 3 aromatic rings. The summed E-state index contributed by atoms with van der Waals surface area (Å²) in [4.78, 5) is 18.3. The third kappa shape index (κ3) is 7.11. The Morgan fingerprint density at radius 3 is 2.59 bits per heavy atom. The Morgan fingerprint density at radius 2 is 1.94 bits per heavy atom. The van der Waals surface area contributed by atoms with Crippen molar-refractivity contribution < 1.29 is 9.21 Å². The maximum absolute atomic E-state index is 12.0. The Balaban J connectivity index is 0.00000363. The van der Waals surface area contributed by atoms with Crippen molar-refractivity contribution in [3.8, 4) is 5.69 Å². The minimum Gasteiger partial charge on any atom is -0.469 e. The van der Waals surface area contributed by atoms with Crippen molar-refractivity contribution in [2.45, 2.75) is 26.8 Å². The van der Waals surface area contributed by atoms with Crippen molar-refractivity contribution in [1.82, 2.24) is 25.3 Å². The van der Waals surface area contributed by atoms with E-state index in [4.69, 9.17) is 9.41 Å². The number of rotatable bonds is 8. The summed E-state index contributed by atoms with van der Waals surface area (Å²) >= 11 is 0. The van der Waals surface area contributed by atoms with E-state index < -0.39 is 0 Å². The SMILES string of the molecule is Cc1cc(C)n(-c2ccccc2CN=C(NCCc2ccco2)NCC(=O)N(C)C)n1.I. The summed E-state index contributed by atoms with van der Waals surface area (Å²) in [7, 11) is 3.46. The molecule has 0 spiro atoms. The second-order valence-corrected chi connectivity index (χ2v) is 7.53. The molecule has 2 aromatic heterocycles. The first-order valence-corrected chi connectivity index (χ1v) is 10.3. The molecule has 0 bridgehead atoms. The highest BCUT2D eigenvalue weighted by atomic mass is 127. The van der Waals surface area contributed by atoms with Crippen LogP contribution in [0, 0.1) is 13.8 Å². The molecule has 32 heavy (non-hydrogen) atoms. The van der Waals surface area contributed by atoms with Crippen molar-refractivity contribution in [2.24, 2.45) is 4.99 Å². The average molecular weight is 550 g/mol. The molecule has 8 nitrogen and oxygen atoms in total. The second-order valence-electron chi connectivity index (χ2n) is 7.53. The van der Waals surface area contributed by atoms with Crippen molar-refractivity contribution in [3.05, 3.63) is 71.4 Å². The Labute approximate surface area is 206 Å². The number of para-hydroxylation sites is 1. The summed E-state index contributed by atoms with van der Waals surface area (Å²) < 4.78 is 7.32. The molecule has 0 saturated carbocycles. The van der Waals surface area contributed by atoms with Crippen molar-refractivity contribution in [2.75, 3.05) is 27.2 Å². The van der Waals surface area contributed by atoms with E-state index in [9.17, 15) is 4.79 Å². The first-order valence-electron chi connectivity index (χ1n) is 10.3. The number of hydrogen-bond acceptors (Lipinski definition) is 4. The van der Waals surface area contributed by atoms with Crippen LogP contribution in [0.2, 0.25) is 0 Å². The zero-order valence-electron chi connectivity index (χ0n) is 19.0. The summed E-state index contributed by atoms with van der Waals surface area (Å²) in [6, 6.07) is 13.9. The summed E-state index contributed by atoms with van der Waals surface area (Å²) in [5, 5.41) is 11.0. The fraction of sp³-hybridized carbons (Fsp3) is 0.348. The number of aryl methyl sites for hydroxylation is 2. The molecule has 0 aliphatic heterocycles. The van der Waals surface area contributed by atoms with E-state index in [2.05, 4.69) is 21.8 Å². The topological polar surface area (TPSA) is 87.7 Å². The van der Waals surface area contributed by atoms with Gasteiger partial charge in [0, 0.05) is 32.8 Å². The van der Waals surface area contributed by atoms with E-state index in [-0.39, 0.29) is 36.4 Å². The van der Waals surface area contributed by atoms with Crippen molar-refractivity contribution in [1.29, 1.82) is 0 Å². The molecule has 9 heteroatoms. The lowest BCUT2D eigenvalue weighted by atomic mass is 10.2. The minimum atomic E-state index is -0.0245. The molecule has 0 atom stereocenters. The van der Waals surface area contributed by atoms with Crippen LogP contribution in [0.25, 0.3) is 5.69 Å². The fourth-order valence-corrected chi connectivity index (χ4v) is 3.14. The quantitative estimate of drug-likeness (QED) is 0.256. The number of aliphatic imine (C=N–C) groups is 1. The van der Waals surface area contributed by atoms with Gasteiger partial charge in [0.1, 0.15) is 5.76 Å². The van der Waals surface area contributed by atoms with Crippen molar-refractivity contribution >= 4 is 35.8 Å². The summed E-state index contributed by atoms with van der Waals surface area (Å²) in [5.41, 5.74) is 4.08. The molecule has 172 valence electrons. The Morgan fingerprint density at radius 1 is 1.16 bits per heavy atom. The van der Waals surface area contributed by atoms with E-state index in [0.717, 1.165) is 34.8 Å². The average Bonchev–Trinajstić information content (AvgIpc) is 3.38. The molecule has 0 aliphatic carbocycles. The summed E-state index contributed by atoms with van der Waals surface area (Å²) in [6.07, 6.45) is 2.38. The first-order chi connectivity index (χ1) is 14.9. The molecule has 1 amide bonds. The zero-order chi connectivity index (χ0) is 22.2. The van der Waals surface area contributed by atoms with Gasteiger partial charge in [-0.1, -0.05) is 18.2 Å². The smallest absolute Gasteiger partial charge is 0.241 e. The third-order valence-corrected chi connectivity index (χ3v) is 4.79. The van der Waals surface area contributed by atoms with Crippen LogP contribution in [0.15, 0.2) is 58.1 Å². The van der Waals surface area contributed by atoms with Crippen LogP contribution in [-0.4, -0.2) is 53.7 Å². The number of carbonyl (C=O) groups is 1. The summed E-state index contributed by atoms with van der Waals surface area (Å²) in [5.74, 6) is 1.44. The van der Waals surface area contributed by atoms with Gasteiger partial charge in [0.15, 0.2) is 5.96 Å². The lowest BCUT2D eigenvalue weighted by Crippen LogP contribution is -2.43. The van der Waals surface area contributed by atoms with E-state index >= 15 is 0 Å². The lowest BCUT2D eigenvalue weighted by molar-refractivity contribution is -0.127. The van der Waals surface area contributed by atoms with E-state index in [1.54, 1.807) is 25.3 Å². The van der Waals surface area contributed by atoms with Gasteiger partial charge in [0.05, 0.1) is 30.7 Å². The lowest BCUT2D eigenvalue weighted by Gasteiger charge is -2.15. The highest BCUT2D eigenvalue weighted by molar-refractivity contribution is 14.0. The number of amides is 1. The largest absolute Gasteiger partial charge is 0.469 e. The molecule has 0 fully saturated rings. The van der Waals surface area contributed by atoms with E-state index in [1.165, 1.54) is 0 Å².